The average Bonchev–Trinajstić information content (AvgIpc) is 3.06. The first-order chi connectivity index (χ1) is 20.2. The maximum atomic E-state index is 4.36. The highest BCUT2D eigenvalue weighted by Crippen LogP contribution is 2.36. The molecule has 0 aliphatic carbocycles. The molecule has 6 rings (SSSR count). The third-order valence-corrected chi connectivity index (χ3v) is 7.12. The number of aromatic nitrogens is 3. The second-order valence-electron chi connectivity index (χ2n) is 9.93. The topological polar surface area (TPSA) is 38.7 Å². The Bertz CT molecular complexity index is 1780. The zero-order valence-electron chi connectivity index (χ0n) is 22.9. The van der Waals surface area contributed by atoms with Crippen molar-refractivity contribution in [2.45, 2.75) is 6.92 Å². The van der Waals surface area contributed by atoms with Crippen molar-refractivity contribution in [2.24, 2.45) is 0 Å². The molecule has 0 aliphatic heterocycles. The van der Waals surface area contributed by atoms with E-state index < -0.39 is 0 Å². The first-order valence-electron chi connectivity index (χ1n) is 13.6. The minimum Gasteiger partial charge on any atom is -0.264 e. The van der Waals surface area contributed by atoms with Gasteiger partial charge in [0.1, 0.15) is 0 Å². The van der Waals surface area contributed by atoms with Crippen LogP contribution in [0.1, 0.15) is 12.5 Å². The van der Waals surface area contributed by atoms with Gasteiger partial charge >= 0.3 is 0 Å². The van der Waals surface area contributed by atoms with Gasteiger partial charge in [-0.15, -0.1) is 0 Å². The summed E-state index contributed by atoms with van der Waals surface area (Å²) in [7, 11) is 0. The summed E-state index contributed by atoms with van der Waals surface area (Å²) in [5, 5.41) is 0. The fourth-order valence-corrected chi connectivity index (χ4v) is 5.05. The van der Waals surface area contributed by atoms with E-state index in [9.17, 15) is 0 Å². The largest absolute Gasteiger partial charge is 0.264 e. The Kier molecular flexibility index (Phi) is 7.42. The SMILES string of the molecule is C=C(/C=C\C)c1cc(-c2cccnc2)cc(-c2cccc(-c3cc(-c4cccnc4)cc(-c4cccnc4)c3)c2)c1. The van der Waals surface area contributed by atoms with Crippen molar-refractivity contribution in [1.82, 2.24) is 15.0 Å². The molecule has 3 heteroatoms. The molecule has 196 valence electrons. The van der Waals surface area contributed by atoms with Crippen LogP contribution in [-0.2, 0) is 0 Å². The van der Waals surface area contributed by atoms with Gasteiger partial charge in [0.05, 0.1) is 0 Å². The van der Waals surface area contributed by atoms with Crippen LogP contribution in [0.2, 0.25) is 0 Å². The minimum atomic E-state index is 0.973. The highest BCUT2D eigenvalue weighted by atomic mass is 14.6. The van der Waals surface area contributed by atoms with Crippen LogP contribution in [-0.4, -0.2) is 15.0 Å². The van der Waals surface area contributed by atoms with Crippen LogP contribution < -0.4 is 0 Å². The summed E-state index contributed by atoms with van der Waals surface area (Å²) in [6.07, 6.45) is 15.2. The number of allylic oxidation sites excluding steroid dienone is 3. The molecule has 3 heterocycles. The van der Waals surface area contributed by atoms with Gasteiger partial charge in [0, 0.05) is 53.9 Å². The molecule has 0 N–H and O–H groups in total. The Labute approximate surface area is 241 Å². The van der Waals surface area contributed by atoms with Crippen molar-refractivity contribution in [2.75, 3.05) is 0 Å². The zero-order chi connectivity index (χ0) is 28.0. The number of hydrogen-bond donors (Lipinski definition) is 0. The number of pyridine rings is 3. The van der Waals surface area contributed by atoms with E-state index in [2.05, 4.69) is 100 Å². The van der Waals surface area contributed by atoms with Crippen LogP contribution in [0.3, 0.4) is 0 Å². The van der Waals surface area contributed by atoms with Gasteiger partial charge in [-0.3, -0.25) is 15.0 Å². The molecule has 0 saturated heterocycles. The van der Waals surface area contributed by atoms with Gasteiger partial charge in [-0.05, 0) is 118 Å². The molecule has 3 nitrogen and oxygen atoms in total. The molecule has 0 atom stereocenters. The number of hydrogen-bond acceptors (Lipinski definition) is 3. The molecule has 6 aromatic rings. The summed E-state index contributed by atoms with van der Waals surface area (Å²) in [6, 6.07) is 34.2. The molecule has 0 spiro atoms. The monoisotopic (exact) mass is 527 g/mol. The summed E-state index contributed by atoms with van der Waals surface area (Å²) >= 11 is 0. The van der Waals surface area contributed by atoms with E-state index >= 15 is 0 Å². The molecule has 0 radical (unpaired) electrons. The lowest BCUT2D eigenvalue weighted by Gasteiger charge is -2.14. The maximum absolute atomic E-state index is 4.36. The summed E-state index contributed by atoms with van der Waals surface area (Å²) in [5.74, 6) is 0. The summed E-state index contributed by atoms with van der Waals surface area (Å²) in [4.78, 5) is 13.1. The van der Waals surface area contributed by atoms with Gasteiger partial charge < -0.3 is 0 Å². The average molecular weight is 528 g/mol. The van der Waals surface area contributed by atoms with Gasteiger partial charge in [0.2, 0.25) is 0 Å². The predicted octanol–water partition coefficient (Wildman–Crippen LogP) is 9.80. The molecular formula is C38H29N3. The second kappa shape index (κ2) is 11.8. The molecule has 3 aromatic heterocycles. The van der Waals surface area contributed by atoms with Gasteiger partial charge in [-0.1, -0.05) is 55.1 Å². The van der Waals surface area contributed by atoms with Gasteiger partial charge in [-0.2, -0.15) is 0 Å². The van der Waals surface area contributed by atoms with Crippen LogP contribution >= 0.6 is 0 Å². The fourth-order valence-electron chi connectivity index (χ4n) is 5.05. The molecule has 41 heavy (non-hydrogen) atoms. The third kappa shape index (κ3) is 5.80. The lowest BCUT2D eigenvalue weighted by Crippen LogP contribution is -1.90. The number of nitrogens with zero attached hydrogens (tertiary/aromatic N) is 3. The quantitative estimate of drug-likeness (QED) is 0.194. The lowest BCUT2D eigenvalue weighted by atomic mass is 9.91. The minimum absolute atomic E-state index is 0.973. The lowest BCUT2D eigenvalue weighted by molar-refractivity contribution is 1.32. The number of rotatable bonds is 7. The molecule has 0 amide bonds. The van der Waals surface area contributed by atoms with Crippen molar-refractivity contribution in [3.63, 3.8) is 0 Å². The molecule has 0 aliphatic rings. The second-order valence-corrected chi connectivity index (χ2v) is 9.93. The zero-order valence-corrected chi connectivity index (χ0v) is 22.9. The van der Waals surface area contributed by atoms with Gasteiger partial charge in [-0.25, -0.2) is 0 Å². The van der Waals surface area contributed by atoms with E-state index in [1.165, 1.54) is 0 Å². The van der Waals surface area contributed by atoms with E-state index in [1.807, 2.05) is 55.9 Å². The standard InChI is InChI=1S/C38H29N3/c1-3-8-27(2)33-18-34(20-36(19-33)30-11-5-14-39-24-30)28-9-4-10-29(17-28)35-21-37(31-12-6-15-40-25-31)23-38(22-35)32-13-7-16-41-26-32/h3-26H,2H2,1H3/b8-3-. The summed E-state index contributed by atoms with van der Waals surface area (Å²) < 4.78 is 0. The predicted molar refractivity (Wildman–Crippen MR) is 171 cm³/mol. The first-order valence-corrected chi connectivity index (χ1v) is 13.6. The summed E-state index contributed by atoms with van der Waals surface area (Å²) in [6.45, 7) is 6.33. The van der Waals surface area contributed by atoms with E-state index in [4.69, 9.17) is 0 Å². The van der Waals surface area contributed by atoms with Crippen molar-refractivity contribution in [3.05, 3.63) is 159 Å². The van der Waals surface area contributed by atoms with Crippen molar-refractivity contribution in [3.8, 4) is 55.6 Å². The maximum Gasteiger partial charge on any atom is 0.0346 e. The molecule has 0 unspecified atom stereocenters. The molecule has 0 bridgehead atoms. The van der Waals surface area contributed by atoms with Crippen molar-refractivity contribution < 1.29 is 0 Å². The molecular weight excluding hydrogens is 498 g/mol. The van der Waals surface area contributed by atoms with Gasteiger partial charge in [0.15, 0.2) is 0 Å². The fraction of sp³-hybridized carbons (Fsp3) is 0.0263. The van der Waals surface area contributed by atoms with Crippen LogP contribution in [0, 0.1) is 0 Å². The van der Waals surface area contributed by atoms with Crippen molar-refractivity contribution in [1.29, 1.82) is 0 Å². The third-order valence-electron chi connectivity index (χ3n) is 7.12. The van der Waals surface area contributed by atoms with Gasteiger partial charge in [0.25, 0.3) is 0 Å². The summed E-state index contributed by atoms with van der Waals surface area (Å²) in [5.41, 5.74) is 13.2. The van der Waals surface area contributed by atoms with E-state index in [1.54, 1.807) is 18.6 Å². The van der Waals surface area contributed by atoms with E-state index in [0.29, 0.717) is 0 Å². The highest BCUT2D eigenvalue weighted by Gasteiger charge is 2.11. The Morgan fingerprint density at radius 1 is 0.488 bits per heavy atom. The first kappa shape index (κ1) is 25.8. The molecule has 0 saturated carbocycles. The van der Waals surface area contributed by atoms with Crippen LogP contribution in [0.4, 0.5) is 0 Å². The van der Waals surface area contributed by atoms with Crippen molar-refractivity contribution >= 4 is 5.57 Å². The van der Waals surface area contributed by atoms with Crippen LogP contribution in [0.15, 0.2) is 153 Å². The Morgan fingerprint density at radius 2 is 0.854 bits per heavy atom. The Balaban J connectivity index is 1.49. The van der Waals surface area contributed by atoms with Crippen LogP contribution in [0.25, 0.3) is 61.2 Å². The normalized spacial score (nSPS) is 11.0. The Morgan fingerprint density at radius 3 is 1.27 bits per heavy atom. The molecule has 0 fully saturated rings. The molecule has 3 aromatic carbocycles. The van der Waals surface area contributed by atoms with Crippen LogP contribution in [0.5, 0.6) is 0 Å². The van der Waals surface area contributed by atoms with E-state index in [0.717, 1.165) is 66.8 Å². The smallest absolute Gasteiger partial charge is 0.0346 e. The highest BCUT2D eigenvalue weighted by molar-refractivity contribution is 5.85. The van der Waals surface area contributed by atoms with E-state index in [-0.39, 0.29) is 0 Å². The Hall–Kier alpha value is -5.41. The number of benzene rings is 3.